The molecule has 2 nitrogen and oxygen atoms in total. The lowest BCUT2D eigenvalue weighted by Crippen LogP contribution is -2.48. The fourth-order valence-electron chi connectivity index (χ4n) is 3.57. The van der Waals surface area contributed by atoms with Crippen molar-refractivity contribution in [2.75, 3.05) is 14.2 Å². The summed E-state index contributed by atoms with van der Waals surface area (Å²) < 4.78 is 34.0. The van der Waals surface area contributed by atoms with Crippen LogP contribution in [0.5, 0.6) is 0 Å². The first-order valence-corrected chi connectivity index (χ1v) is 7.20. The smallest absolute Gasteiger partial charge is 0.131 e. The molecule has 0 bridgehead atoms. The van der Waals surface area contributed by atoms with Crippen molar-refractivity contribution in [2.45, 2.75) is 44.2 Å². The zero-order chi connectivity index (χ0) is 14.8. The van der Waals surface area contributed by atoms with Crippen molar-refractivity contribution in [1.29, 1.82) is 0 Å². The predicted octanol–water partition coefficient (Wildman–Crippen LogP) is 3.82. The Balaban J connectivity index is 2.44. The first-order valence-electron chi connectivity index (χ1n) is 7.20. The molecule has 1 aromatic carbocycles. The van der Waals surface area contributed by atoms with Crippen molar-refractivity contribution in [2.24, 2.45) is 5.92 Å². The Labute approximate surface area is 119 Å². The van der Waals surface area contributed by atoms with Gasteiger partial charge in [-0.1, -0.05) is 25.8 Å². The normalized spacial score (nSPS) is 28.4. The molecule has 3 atom stereocenters. The maximum atomic E-state index is 14.1. The van der Waals surface area contributed by atoms with Gasteiger partial charge in [0.2, 0.25) is 0 Å². The standard InChI is InChI=1S/C16H23F2NO/c1-11-6-5-9-16(10-11,20-3)15(19-2)14-12(17)7-4-8-13(14)18/h4,7-8,11,15,19H,5-6,9-10H2,1-3H3. The molecule has 1 aliphatic rings. The Hall–Kier alpha value is -1.00. The van der Waals surface area contributed by atoms with Crippen LogP contribution < -0.4 is 5.32 Å². The van der Waals surface area contributed by atoms with Crippen LogP contribution in [0.3, 0.4) is 0 Å². The van der Waals surface area contributed by atoms with Crippen LogP contribution in [0.4, 0.5) is 8.78 Å². The Morgan fingerprint density at radius 1 is 1.35 bits per heavy atom. The predicted molar refractivity (Wildman–Crippen MR) is 75.5 cm³/mol. The molecule has 0 heterocycles. The van der Waals surface area contributed by atoms with Gasteiger partial charge in [-0.2, -0.15) is 0 Å². The highest BCUT2D eigenvalue weighted by atomic mass is 19.1. The Morgan fingerprint density at radius 3 is 2.50 bits per heavy atom. The van der Waals surface area contributed by atoms with E-state index >= 15 is 0 Å². The van der Waals surface area contributed by atoms with Gasteiger partial charge in [0.15, 0.2) is 0 Å². The van der Waals surface area contributed by atoms with E-state index in [4.69, 9.17) is 4.74 Å². The van der Waals surface area contributed by atoms with Crippen LogP contribution in [0.25, 0.3) is 0 Å². The van der Waals surface area contributed by atoms with Gasteiger partial charge in [-0.25, -0.2) is 8.78 Å². The quantitative estimate of drug-likeness (QED) is 0.907. The first kappa shape index (κ1) is 15.4. The number of rotatable bonds is 4. The van der Waals surface area contributed by atoms with Gasteiger partial charge in [0.05, 0.1) is 11.6 Å². The lowest BCUT2D eigenvalue weighted by molar-refractivity contribution is -0.0804. The van der Waals surface area contributed by atoms with E-state index in [1.807, 2.05) is 0 Å². The minimum Gasteiger partial charge on any atom is -0.376 e. The zero-order valence-corrected chi connectivity index (χ0v) is 12.4. The lowest BCUT2D eigenvalue weighted by atomic mass is 9.72. The van der Waals surface area contributed by atoms with Crippen LogP contribution in [-0.4, -0.2) is 19.8 Å². The minimum atomic E-state index is -0.546. The van der Waals surface area contributed by atoms with E-state index in [1.165, 1.54) is 18.2 Å². The van der Waals surface area contributed by atoms with E-state index in [0.717, 1.165) is 25.7 Å². The molecule has 20 heavy (non-hydrogen) atoms. The summed E-state index contributed by atoms with van der Waals surface area (Å²) in [5.41, 5.74) is -0.457. The first-order chi connectivity index (χ1) is 9.54. The fourth-order valence-corrected chi connectivity index (χ4v) is 3.57. The van der Waals surface area contributed by atoms with Crippen LogP contribution in [0.1, 0.15) is 44.2 Å². The number of nitrogens with one attached hydrogen (secondary N) is 1. The SMILES string of the molecule is CNC(c1c(F)cccc1F)C1(OC)CCCC(C)C1. The summed E-state index contributed by atoms with van der Waals surface area (Å²) in [6.07, 6.45) is 3.78. The van der Waals surface area contributed by atoms with Crippen molar-refractivity contribution < 1.29 is 13.5 Å². The molecule has 0 radical (unpaired) electrons. The maximum Gasteiger partial charge on any atom is 0.131 e. The molecule has 0 aromatic heterocycles. The molecule has 1 aromatic rings. The molecule has 2 rings (SSSR count). The summed E-state index contributed by atoms with van der Waals surface area (Å²) >= 11 is 0. The van der Waals surface area contributed by atoms with Crippen molar-refractivity contribution in [3.63, 3.8) is 0 Å². The second kappa shape index (κ2) is 6.19. The average molecular weight is 283 g/mol. The number of hydrogen-bond donors (Lipinski definition) is 1. The van der Waals surface area contributed by atoms with E-state index in [0.29, 0.717) is 5.92 Å². The van der Waals surface area contributed by atoms with E-state index in [-0.39, 0.29) is 5.56 Å². The molecule has 3 unspecified atom stereocenters. The largest absolute Gasteiger partial charge is 0.376 e. The molecule has 0 amide bonds. The molecule has 0 aliphatic heterocycles. The molecule has 1 N–H and O–H groups in total. The highest BCUT2D eigenvalue weighted by Crippen LogP contribution is 2.44. The topological polar surface area (TPSA) is 21.3 Å². The van der Waals surface area contributed by atoms with E-state index in [9.17, 15) is 8.78 Å². The number of likely N-dealkylation sites (N-methyl/N-ethyl adjacent to an activating group) is 1. The maximum absolute atomic E-state index is 14.1. The molecule has 0 spiro atoms. The Bertz CT molecular complexity index is 446. The van der Waals surface area contributed by atoms with Crippen molar-refractivity contribution in [1.82, 2.24) is 5.32 Å². The molecule has 1 saturated carbocycles. The number of halogens is 2. The van der Waals surface area contributed by atoms with E-state index in [2.05, 4.69) is 12.2 Å². The molecule has 1 aliphatic carbocycles. The molecular formula is C16H23F2NO. The number of ether oxygens (including phenoxy) is 1. The Morgan fingerprint density at radius 2 is 2.00 bits per heavy atom. The molecule has 0 saturated heterocycles. The summed E-state index contributed by atoms with van der Waals surface area (Å²) in [4.78, 5) is 0. The third kappa shape index (κ3) is 2.72. The van der Waals surface area contributed by atoms with Gasteiger partial charge in [-0.3, -0.25) is 0 Å². The van der Waals surface area contributed by atoms with Crippen molar-refractivity contribution in [3.8, 4) is 0 Å². The van der Waals surface area contributed by atoms with Gasteiger partial charge in [0.25, 0.3) is 0 Å². The highest BCUT2D eigenvalue weighted by Gasteiger charge is 2.44. The number of methoxy groups -OCH3 is 1. The molecule has 4 heteroatoms. The molecule has 1 fully saturated rings. The van der Waals surface area contributed by atoms with E-state index in [1.54, 1.807) is 14.2 Å². The zero-order valence-electron chi connectivity index (χ0n) is 12.4. The summed E-state index contributed by atoms with van der Waals surface area (Å²) in [6.45, 7) is 2.16. The fraction of sp³-hybridized carbons (Fsp3) is 0.625. The molecular weight excluding hydrogens is 260 g/mol. The van der Waals surface area contributed by atoms with Crippen LogP contribution in [0.2, 0.25) is 0 Å². The van der Waals surface area contributed by atoms with Crippen LogP contribution in [-0.2, 0) is 4.74 Å². The highest BCUT2D eigenvalue weighted by molar-refractivity contribution is 5.26. The third-order valence-electron chi connectivity index (χ3n) is 4.50. The van der Waals surface area contributed by atoms with Crippen LogP contribution >= 0.6 is 0 Å². The second-order valence-electron chi connectivity index (χ2n) is 5.83. The van der Waals surface area contributed by atoms with Gasteiger partial charge in [0.1, 0.15) is 11.6 Å². The summed E-state index contributed by atoms with van der Waals surface area (Å²) in [6, 6.07) is 3.53. The van der Waals surface area contributed by atoms with Crippen molar-refractivity contribution in [3.05, 3.63) is 35.4 Å². The average Bonchev–Trinajstić information content (AvgIpc) is 2.43. The summed E-state index contributed by atoms with van der Waals surface area (Å²) in [7, 11) is 3.37. The van der Waals surface area contributed by atoms with Crippen molar-refractivity contribution >= 4 is 0 Å². The van der Waals surface area contributed by atoms with Gasteiger partial charge < -0.3 is 10.1 Å². The van der Waals surface area contributed by atoms with E-state index < -0.39 is 23.3 Å². The van der Waals surface area contributed by atoms with Crippen LogP contribution in [0, 0.1) is 17.6 Å². The van der Waals surface area contributed by atoms with Crippen LogP contribution in [0.15, 0.2) is 18.2 Å². The Kier molecular flexibility index (Phi) is 4.76. The number of benzene rings is 1. The summed E-state index contributed by atoms with van der Waals surface area (Å²) in [5.74, 6) is -0.535. The van der Waals surface area contributed by atoms with Gasteiger partial charge >= 0.3 is 0 Å². The van der Waals surface area contributed by atoms with Gasteiger partial charge in [-0.05, 0) is 37.9 Å². The second-order valence-corrected chi connectivity index (χ2v) is 5.83. The lowest BCUT2D eigenvalue weighted by Gasteiger charge is -2.44. The third-order valence-corrected chi connectivity index (χ3v) is 4.50. The minimum absolute atomic E-state index is 0.0888. The number of hydrogen-bond acceptors (Lipinski definition) is 2. The molecule has 112 valence electrons. The van der Waals surface area contributed by atoms with Gasteiger partial charge in [0, 0.05) is 12.7 Å². The monoisotopic (exact) mass is 283 g/mol. The van der Waals surface area contributed by atoms with Gasteiger partial charge in [-0.15, -0.1) is 0 Å². The summed E-state index contributed by atoms with van der Waals surface area (Å²) in [5, 5.41) is 3.08.